The summed E-state index contributed by atoms with van der Waals surface area (Å²) in [5.74, 6) is -1.10. The van der Waals surface area contributed by atoms with Crippen molar-refractivity contribution in [2.45, 2.75) is 6.92 Å². The molecule has 1 heterocycles. The van der Waals surface area contributed by atoms with Gasteiger partial charge in [0.15, 0.2) is 0 Å². The number of benzene rings is 1. The number of aryl methyl sites for hydroxylation is 1. The maximum Gasteiger partial charge on any atom is 0.338 e. The van der Waals surface area contributed by atoms with E-state index in [2.05, 4.69) is 10.6 Å². The molecule has 0 aliphatic rings. The summed E-state index contributed by atoms with van der Waals surface area (Å²) in [5.41, 5.74) is 0.465. The minimum atomic E-state index is -1.10. The second kappa shape index (κ2) is 6.34. The van der Waals surface area contributed by atoms with Crippen LogP contribution >= 0.6 is 34.5 Å². The zero-order valence-corrected chi connectivity index (χ0v) is 13.1. The number of carbonyl (C=O) groups is 2. The van der Waals surface area contributed by atoms with Crippen molar-refractivity contribution in [3.63, 3.8) is 0 Å². The molecule has 2 rings (SSSR count). The number of carboxylic acids is 1. The summed E-state index contributed by atoms with van der Waals surface area (Å²) in [6, 6.07) is 5.53. The Hall–Kier alpha value is -1.76. The lowest BCUT2D eigenvalue weighted by Gasteiger charge is -2.07. The Bertz CT molecular complexity index is 695. The fraction of sp³-hybridized carbons (Fsp3) is 0.0769. The fourth-order valence-corrected chi connectivity index (χ4v) is 3.08. The van der Waals surface area contributed by atoms with E-state index in [0.717, 1.165) is 4.88 Å². The van der Waals surface area contributed by atoms with E-state index in [1.807, 2.05) is 0 Å². The Balaban J connectivity index is 2.13. The third kappa shape index (κ3) is 4.10. The highest BCUT2D eigenvalue weighted by atomic mass is 35.5. The van der Waals surface area contributed by atoms with Gasteiger partial charge in [-0.1, -0.05) is 23.2 Å². The summed E-state index contributed by atoms with van der Waals surface area (Å²) < 4.78 is 0. The standard InChI is InChI=1S/C13H10Cl2N2O3S/c1-6-2-10(12(18)19)11(21-6)17-13(20)16-9-4-7(14)3-8(15)5-9/h2-5H,1H3,(H,18,19)(H2,16,17,20). The molecule has 2 amide bonds. The second-order valence-corrected chi connectivity index (χ2v) is 6.27. The maximum absolute atomic E-state index is 11.9. The van der Waals surface area contributed by atoms with Crippen molar-refractivity contribution < 1.29 is 14.7 Å². The number of hydrogen-bond donors (Lipinski definition) is 3. The van der Waals surface area contributed by atoms with E-state index in [-0.39, 0.29) is 10.6 Å². The second-order valence-electron chi connectivity index (χ2n) is 4.14. The molecule has 0 fully saturated rings. The van der Waals surface area contributed by atoms with Gasteiger partial charge in [-0.25, -0.2) is 9.59 Å². The molecule has 1 aromatic carbocycles. The van der Waals surface area contributed by atoms with Gasteiger partial charge in [0.25, 0.3) is 0 Å². The molecule has 0 unspecified atom stereocenters. The number of thiophene rings is 1. The van der Waals surface area contributed by atoms with Crippen LogP contribution in [0.25, 0.3) is 0 Å². The zero-order chi connectivity index (χ0) is 15.6. The third-order valence-corrected chi connectivity index (χ3v) is 3.84. The van der Waals surface area contributed by atoms with E-state index in [0.29, 0.717) is 15.7 Å². The molecule has 5 nitrogen and oxygen atoms in total. The summed E-state index contributed by atoms with van der Waals surface area (Å²) >= 11 is 12.8. The molecular formula is C13H10Cl2N2O3S. The van der Waals surface area contributed by atoms with Crippen molar-refractivity contribution in [1.82, 2.24) is 0 Å². The van der Waals surface area contributed by atoms with Gasteiger partial charge in [-0.2, -0.15) is 0 Å². The normalized spacial score (nSPS) is 10.2. The average Bonchev–Trinajstić information content (AvgIpc) is 2.68. The fourth-order valence-electron chi connectivity index (χ4n) is 1.66. The molecule has 0 saturated carbocycles. The van der Waals surface area contributed by atoms with Crippen LogP contribution in [0.2, 0.25) is 10.0 Å². The topological polar surface area (TPSA) is 78.4 Å². The van der Waals surface area contributed by atoms with Gasteiger partial charge in [0, 0.05) is 20.6 Å². The van der Waals surface area contributed by atoms with E-state index in [1.54, 1.807) is 6.92 Å². The van der Waals surface area contributed by atoms with Crippen LogP contribution in [0, 0.1) is 6.92 Å². The van der Waals surface area contributed by atoms with Crippen LogP contribution in [0.15, 0.2) is 24.3 Å². The summed E-state index contributed by atoms with van der Waals surface area (Å²) in [6.07, 6.45) is 0. The quantitative estimate of drug-likeness (QED) is 0.754. The number of anilines is 2. The number of amides is 2. The van der Waals surface area contributed by atoms with Gasteiger partial charge in [0.05, 0.1) is 5.56 Å². The van der Waals surface area contributed by atoms with E-state index in [1.165, 1.54) is 35.6 Å². The molecule has 0 radical (unpaired) electrons. The Morgan fingerprint density at radius 1 is 1.10 bits per heavy atom. The first-order chi connectivity index (χ1) is 9.85. The Morgan fingerprint density at radius 3 is 2.29 bits per heavy atom. The van der Waals surface area contributed by atoms with Crippen molar-refractivity contribution in [2.75, 3.05) is 10.6 Å². The Kier molecular flexibility index (Phi) is 4.72. The van der Waals surface area contributed by atoms with Gasteiger partial charge in [-0.05, 0) is 31.2 Å². The molecular weight excluding hydrogens is 335 g/mol. The third-order valence-electron chi connectivity index (χ3n) is 2.43. The molecule has 110 valence electrons. The Morgan fingerprint density at radius 2 is 1.71 bits per heavy atom. The molecule has 0 atom stereocenters. The highest BCUT2D eigenvalue weighted by Crippen LogP contribution is 2.28. The molecule has 2 aromatic rings. The summed E-state index contributed by atoms with van der Waals surface area (Å²) in [7, 11) is 0. The number of aromatic carboxylic acids is 1. The van der Waals surface area contributed by atoms with Gasteiger partial charge < -0.3 is 10.4 Å². The lowest BCUT2D eigenvalue weighted by molar-refractivity contribution is 0.0698. The number of urea groups is 1. The van der Waals surface area contributed by atoms with Crippen molar-refractivity contribution in [2.24, 2.45) is 0 Å². The first-order valence-electron chi connectivity index (χ1n) is 5.73. The van der Waals surface area contributed by atoms with E-state index in [9.17, 15) is 9.59 Å². The van der Waals surface area contributed by atoms with Gasteiger partial charge in [-0.15, -0.1) is 11.3 Å². The van der Waals surface area contributed by atoms with Gasteiger partial charge in [0.2, 0.25) is 0 Å². The van der Waals surface area contributed by atoms with Crippen LogP contribution in [0.5, 0.6) is 0 Å². The predicted molar refractivity (Wildman–Crippen MR) is 85.1 cm³/mol. The number of carbonyl (C=O) groups excluding carboxylic acids is 1. The van der Waals surface area contributed by atoms with Crippen molar-refractivity contribution >= 4 is 57.2 Å². The number of nitrogens with one attached hydrogen (secondary N) is 2. The number of halogens is 2. The Labute approximate surface area is 134 Å². The van der Waals surface area contributed by atoms with Crippen LogP contribution in [-0.4, -0.2) is 17.1 Å². The molecule has 0 aliphatic carbocycles. The molecule has 21 heavy (non-hydrogen) atoms. The van der Waals surface area contributed by atoms with Crippen LogP contribution < -0.4 is 10.6 Å². The van der Waals surface area contributed by atoms with Crippen molar-refractivity contribution in [3.8, 4) is 0 Å². The predicted octanol–water partition coefficient (Wildman–Crippen LogP) is 4.71. The SMILES string of the molecule is Cc1cc(C(=O)O)c(NC(=O)Nc2cc(Cl)cc(Cl)c2)s1. The highest BCUT2D eigenvalue weighted by molar-refractivity contribution is 7.16. The maximum atomic E-state index is 11.9. The molecule has 0 bridgehead atoms. The smallest absolute Gasteiger partial charge is 0.338 e. The molecule has 0 aliphatic heterocycles. The molecule has 3 N–H and O–H groups in total. The minimum absolute atomic E-state index is 0.0526. The zero-order valence-electron chi connectivity index (χ0n) is 10.7. The average molecular weight is 345 g/mol. The van der Waals surface area contributed by atoms with Crippen LogP contribution in [0.3, 0.4) is 0 Å². The summed E-state index contributed by atoms with van der Waals surface area (Å²) in [5, 5.41) is 15.1. The summed E-state index contributed by atoms with van der Waals surface area (Å²) in [6.45, 7) is 1.76. The van der Waals surface area contributed by atoms with Crippen LogP contribution in [0.4, 0.5) is 15.5 Å². The van der Waals surface area contributed by atoms with Gasteiger partial charge >= 0.3 is 12.0 Å². The minimum Gasteiger partial charge on any atom is -0.478 e. The van der Waals surface area contributed by atoms with E-state index in [4.69, 9.17) is 28.3 Å². The monoisotopic (exact) mass is 344 g/mol. The van der Waals surface area contributed by atoms with Crippen LogP contribution in [-0.2, 0) is 0 Å². The van der Waals surface area contributed by atoms with Crippen LogP contribution in [0.1, 0.15) is 15.2 Å². The van der Waals surface area contributed by atoms with Crippen molar-refractivity contribution in [1.29, 1.82) is 0 Å². The van der Waals surface area contributed by atoms with E-state index >= 15 is 0 Å². The van der Waals surface area contributed by atoms with Gasteiger partial charge in [-0.3, -0.25) is 5.32 Å². The number of carboxylic acid groups (broad SMARTS) is 1. The first-order valence-corrected chi connectivity index (χ1v) is 7.30. The molecule has 8 heteroatoms. The lowest BCUT2D eigenvalue weighted by Crippen LogP contribution is -2.20. The summed E-state index contributed by atoms with van der Waals surface area (Å²) in [4.78, 5) is 23.7. The molecule has 0 saturated heterocycles. The van der Waals surface area contributed by atoms with Crippen molar-refractivity contribution in [3.05, 3.63) is 44.8 Å². The molecule has 1 aromatic heterocycles. The highest BCUT2D eigenvalue weighted by Gasteiger charge is 2.16. The van der Waals surface area contributed by atoms with Gasteiger partial charge in [0.1, 0.15) is 5.00 Å². The number of rotatable bonds is 3. The largest absolute Gasteiger partial charge is 0.478 e. The first kappa shape index (κ1) is 15.6. The molecule has 0 spiro atoms. The van der Waals surface area contributed by atoms with E-state index < -0.39 is 12.0 Å². The number of hydrogen-bond acceptors (Lipinski definition) is 3. The lowest BCUT2D eigenvalue weighted by atomic mass is 10.3.